The Balaban J connectivity index is 1.36. The van der Waals surface area contributed by atoms with Crippen molar-refractivity contribution in [2.75, 3.05) is 0 Å². The molecule has 4 fully saturated rings. The number of hydrogen-bond acceptors (Lipinski definition) is 7. The van der Waals surface area contributed by atoms with Crippen LogP contribution in [0.4, 0.5) is 0 Å². The maximum absolute atomic E-state index is 13.4. The highest BCUT2D eigenvalue weighted by atomic mass is 16.4. The molecule has 0 heterocycles. The van der Waals surface area contributed by atoms with Crippen LogP contribution in [0.2, 0.25) is 0 Å². The van der Waals surface area contributed by atoms with Crippen LogP contribution in [-0.2, 0) is 27.8 Å². The smallest absolute Gasteiger partial charge is 0.321 e. The fourth-order valence-electron chi connectivity index (χ4n) is 13.9. The van der Waals surface area contributed by atoms with Gasteiger partial charge in [0, 0.05) is 10.8 Å². The number of fused-ring (bicyclic) bond motifs is 10. The summed E-state index contributed by atoms with van der Waals surface area (Å²) in [6, 6.07) is 4.74. The molecular weight excluding hydrogens is 682 g/mol. The average Bonchev–Trinajstić information content (AvgIpc) is 3.57. The standard InChI is InChI=1S/C45H53NO8/c1-5-43(53)17-13-32-28-9-7-24-19-26(47)21-34(37(24)30(28)11-15-41(32,43)3)45(23-36(49)50,39(46)40(51)52)35-22-27(48)20-25-8-10-29-31(38(25)35)12-16-42(4)33(29)14-18-44(42,54)6-2/h1-2,19-22,28-33,39,47-48,53-54H,7-18,23,46H2,3-4H3,(H,49,50)(H,51,52)/t28-,29-,30+,31+,32+,33+,39-,41?,42?,43+,44+,45?/m1/s1. The molecule has 0 amide bonds. The van der Waals surface area contributed by atoms with Crippen LogP contribution in [-0.4, -0.2) is 59.8 Å². The van der Waals surface area contributed by atoms with E-state index in [1.54, 1.807) is 12.1 Å². The number of phenolic OH excluding ortho intramolecular Hbond substituents is 2. The van der Waals surface area contributed by atoms with E-state index in [4.69, 9.17) is 18.6 Å². The summed E-state index contributed by atoms with van der Waals surface area (Å²) < 4.78 is 0. The van der Waals surface area contributed by atoms with E-state index in [-0.39, 0.29) is 47.0 Å². The number of hydrogen-bond donors (Lipinski definition) is 7. The molecule has 0 aromatic heterocycles. The predicted octanol–water partition coefficient (Wildman–Crippen LogP) is 5.71. The molecule has 0 spiro atoms. The van der Waals surface area contributed by atoms with E-state index in [1.165, 1.54) is 12.1 Å². The van der Waals surface area contributed by atoms with Gasteiger partial charge in [0.05, 0.1) is 11.8 Å². The quantitative estimate of drug-likeness (QED) is 0.183. The third kappa shape index (κ3) is 4.77. The molecule has 11 atom stereocenters. The number of benzene rings is 2. The summed E-state index contributed by atoms with van der Waals surface area (Å²) in [4.78, 5) is 26.7. The zero-order chi connectivity index (χ0) is 38.7. The molecule has 8 N–H and O–H groups in total. The molecule has 2 aromatic carbocycles. The van der Waals surface area contributed by atoms with Crippen LogP contribution in [0, 0.1) is 59.2 Å². The maximum atomic E-state index is 13.4. The number of aliphatic carboxylic acids is 2. The SMILES string of the molecule is C#C[C@]1(O)CC[C@H]2[C@@H]3CCc4cc(O)cc(C(CC(=O)O)(c5cc(O)cc6c5[C@H]5CCC7(C)[C@@H](CC[C@@]7(O)C#C)[C@@H]5CC6)[C@H](N)C(=O)O)c4[C@H]3CCC21C. The second-order valence-electron chi connectivity index (χ2n) is 18.3. The lowest BCUT2D eigenvalue weighted by Crippen LogP contribution is -2.55. The van der Waals surface area contributed by atoms with E-state index < -0.39 is 51.8 Å². The van der Waals surface area contributed by atoms with Gasteiger partial charge in [0.2, 0.25) is 0 Å². The molecule has 2 aromatic rings. The fraction of sp³-hybridized carbons (Fsp3) is 0.600. The Morgan fingerprint density at radius 2 is 1.19 bits per heavy atom. The van der Waals surface area contributed by atoms with Crippen molar-refractivity contribution in [2.45, 2.75) is 132 Å². The van der Waals surface area contributed by atoms with E-state index in [9.17, 15) is 40.2 Å². The topological polar surface area (TPSA) is 182 Å². The summed E-state index contributed by atoms with van der Waals surface area (Å²) >= 11 is 0. The Hall–Kier alpha value is -4.02. The van der Waals surface area contributed by atoms with Crippen LogP contribution in [0.25, 0.3) is 0 Å². The lowest BCUT2D eigenvalue weighted by Gasteiger charge is -2.54. The van der Waals surface area contributed by atoms with Crippen molar-refractivity contribution in [3.63, 3.8) is 0 Å². The molecule has 4 saturated carbocycles. The van der Waals surface area contributed by atoms with Crippen molar-refractivity contribution >= 4 is 11.9 Å². The van der Waals surface area contributed by atoms with Crippen molar-refractivity contribution < 1.29 is 40.2 Å². The van der Waals surface area contributed by atoms with Crippen LogP contribution >= 0.6 is 0 Å². The van der Waals surface area contributed by atoms with Crippen LogP contribution in [0.1, 0.15) is 130 Å². The number of terminal acetylenes is 2. The number of carboxylic acids is 2. The first kappa shape index (κ1) is 36.9. The van der Waals surface area contributed by atoms with Gasteiger partial charge in [-0.05, 0) is 170 Å². The molecule has 0 aliphatic heterocycles. The van der Waals surface area contributed by atoms with Gasteiger partial charge in [-0.3, -0.25) is 9.59 Å². The van der Waals surface area contributed by atoms with E-state index in [2.05, 4.69) is 25.7 Å². The van der Waals surface area contributed by atoms with Crippen LogP contribution < -0.4 is 5.73 Å². The molecule has 0 saturated heterocycles. The van der Waals surface area contributed by atoms with Gasteiger partial charge in [-0.15, -0.1) is 12.8 Å². The van der Waals surface area contributed by atoms with Crippen LogP contribution in [0.3, 0.4) is 0 Å². The lowest BCUT2D eigenvalue weighted by molar-refractivity contribution is -0.142. The van der Waals surface area contributed by atoms with Crippen LogP contribution in [0.15, 0.2) is 24.3 Å². The Kier molecular flexibility index (Phi) is 8.37. The summed E-state index contributed by atoms with van der Waals surface area (Å²) in [7, 11) is 0. The number of rotatable bonds is 6. The minimum atomic E-state index is -1.89. The zero-order valence-electron chi connectivity index (χ0n) is 31.3. The minimum absolute atomic E-state index is 0.0845. The summed E-state index contributed by atoms with van der Waals surface area (Å²) in [6.07, 6.45) is 19.0. The summed E-state index contributed by atoms with van der Waals surface area (Å²) in [5, 5.41) is 67.8. The van der Waals surface area contributed by atoms with Gasteiger partial charge in [0.25, 0.3) is 0 Å². The molecule has 54 heavy (non-hydrogen) atoms. The number of nitrogens with two attached hydrogens (primary N) is 1. The highest BCUT2D eigenvalue weighted by molar-refractivity contribution is 5.82. The van der Waals surface area contributed by atoms with Gasteiger partial charge in [0.15, 0.2) is 0 Å². The summed E-state index contributed by atoms with van der Waals surface area (Å²) in [5.74, 6) is 2.71. The van der Waals surface area contributed by atoms with E-state index in [0.717, 1.165) is 47.9 Å². The Morgan fingerprint density at radius 1 is 0.759 bits per heavy atom. The summed E-state index contributed by atoms with van der Waals surface area (Å²) in [5.41, 5.74) is 5.63. The zero-order valence-corrected chi connectivity index (χ0v) is 31.3. The number of aliphatic hydroxyl groups is 2. The first-order valence-electron chi connectivity index (χ1n) is 19.8. The van der Waals surface area contributed by atoms with Crippen molar-refractivity contribution in [1.82, 2.24) is 0 Å². The third-order valence-electron chi connectivity index (χ3n) is 16.6. The fourth-order valence-corrected chi connectivity index (χ4v) is 13.9. The molecular formula is C45H53NO8. The number of aryl methyl sites for hydroxylation is 2. The van der Waals surface area contributed by atoms with Crippen molar-refractivity contribution in [1.29, 1.82) is 0 Å². The molecule has 6 aliphatic rings. The predicted molar refractivity (Wildman–Crippen MR) is 202 cm³/mol. The first-order valence-corrected chi connectivity index (χ1v) is 19.8. The number of carbonyl (C=O) groups is 2. The molecule has 0 radical (unpaired) electrons. The van der Waals surface area contributed by atoms with Crippen molar-refractivity contribution in [3.8, 4) is 36.2 Å². The normalized spacial score (nSPS) is 39.2. The van der Waals surface area contributed by atoms with Gasteiger partial charge in [-0.1, -0.05) is 25.7 Å². The van der Waals surface area contributed by atoms with E-state index in [1.807, 2.05) is 0 Å². The van der Waals surface area contributed by atoms with Gasteiger partial charge in [-0.2, -0.15) is 0 Å². The Morgan fingerprint density at radius 3 is 1.56 bits per heavy atom. The van der Waals surface area contributed by atoms with Gasteiger partial charge in [-0.25, -0.2) is 0 Å². The molecule has 8 rings (SSSR count). The molecule has 0 bridgehead atoms. The van der Waals surface area contributed by atoms with Gasteiger partial charge >= 0.3 is 11.9 Å². The van der Waals surface area contributed by atoms with Crippen molar-refractivity contribution in [2.24, 2.45) is 40.2 Å². The average molecular weight is 736 g/mol. The number of aromatic hydroxyl groups is 2. The van der Waals surface area contributed by atoms with Crippen molar-refractivity contribution in [3.05, 3.63) is 57.6 Å². The maximum Gasteiger partial charge on any atom is 0.321 e. The number of carboxylic acid groups (broad SMARTS) is 2. The number of phenols is 2. The molecule has 286 valence electrons. The van der Waals surface area contributed by atoms with Gasteiger partial charge in [0.1, 0.15) is 28.7 Å². The molecule has 6 aliphatic carbocycles. The first-order chi connectivity index (χ1) is 25.5. The highest BCUT2D eigenvalue weighted by Gasteiger charge is 2.64. The second kappa shape index (κ2) is 12.2. The Labute approximate surface area is 317 Å². The minimum Gasteiger partial charge on any atom is -0.508 e. The summed E-state index contributed by atoms with van der Waals surface area (Å²) in [6.45, 7) is 4.17. The molecule has 9 nitrogen and oxygen atoms in total. The lowest BCUT2D eigenvalue weighted by atomic mass is 9.50. The molecule has 9 heteroatoms. The monoisotopic (exact) mass is 735 g/mol. The van der Waals surface area contributed by atoms with Gasteiger partial charge < -0.3 is 36.4 Å². The van der Waals surface area contributed by atoms with E-state index in [0.29, 0.717) is 62.5 Å². The van der Waals surface area contributed by atoms with Crippen LogP contribution in [0.5, 0.6) is 11.5 Å². The van der Waals surface area contributed by atoms with E-state index >= 15 is 0 Å². The second-order valence-corrected chi connectivity index (χ2v) is 18.3. The molecule has 2 unspecified atom stereocenters. The Bertz CT molecular complexity index is 1900. The highest BCUT2D eigenvalue weighted by Crippen LogP contribution is 2.67. The largest absolute Gasteiger partial charge is 0.508 e. The third-order valence-corrected chi connectivity index (χ3v) is 16.6.